The second-order valence-corrected chi connectivity index (χ2v) is 8.61. The molecule has 0 bridgehead atoms. The maximum Gasteiger partial charge on any atom is 0.363 e. The molecule has 6 nitrogen and oxygen atoms in total. The zero-order valence-electron chi connectivity index (χ0n) is 16.1. The third kappa shape index (κ3) is 4.65. The Morgan fingerprint density at radius 1 is 1.00 bits per heavy atom. The molecule has 0 saturated carbocycles. The number of amides is 1. The highest BCUT2D eigenvalue weighted by atomic mass is 31.2. The van der Waals surface area contributed by atoms with Crippen LogP contribution in [0.3, 0.4) is 0 Å². The van der Waals surface area contributed by atoms with Gasteiger partial charge in [-0.1, -0.05) is 72.8 Å². The maximum atomic E-state index is 13.5. The van der Waals surface area contributed by atoms with E-state index in [0.29, 0.717) is 5.56 Å². The monoisotopic (exact) mass is 401 g/mol. The molecule has 1 N–H and O–H groups in total. The normalized spacial score (nSPS) is 13.8. The molecule has 0 aliphatic heterocycles. The fourth-order valence-corrected chi connectivity index (χ4v) is 4.71. The Bertz CT molecular complexity index is 874. The lowest BCUT2D eigenvalue weighted by Crippen LogP contribution is -2.53. The molecule has 0 aromatic heterocycles. The van der Waals surface area contributed by atoms with Crippen LogP contribution in [-0.2, 0) is 18.4 Å². The second kappa shape index (κ2) is 9.60. The first-order chi connectivity index (χ1) is 13.4. The second-order valence-electron chi connectivity index (χ2n) is 6.12. The number of carbonyl (C=O) groups excluding carboxylic acids is 2. The summed E-state index contributed by atoms with van der Waals surface area (Å²) in [6.07, 6.45) is 3.38. The van der Waals surface area contributed by atoms with Gasteiger partial charge in [-0.3, -0.25) is 14.2 Å². The van der Waals surface area contributed by atoms with Gasteiger partial charge in [-0.25, -0.2) is 0 Å². The highest BCUT2D eigenvalue weighted by Gasteiger charge is 2.56. The summed E-state index contributed by atoms with van der Waals surface area (Å²) in [7, 11) is -1.66. The van der Waals surface area contributed by atoms with Gasteiger partial charge in [0.15, 0.2) is 0 Å². The number of ketones is 1. The Morgan fingerprint density at radius 3 is 2.04 bits per heavy atom. The van der Waals surface area contributed by atoms with Gasteiger partial charge in [0.05, 0.1) is 0 Å². The summed E-state index contributed by atoms with van der Waals surface area (Å²) in [6.45, 7) is 1.25. The van der Waals surface area contributed by atoms with Crippen LogP contribution in [0.25, 0.3) is 6.08 Å². The molecule has 148 valence electrons. The molecule has 0 radical (unpaired) electrons. The van der Waals surface area contributed by atoms with E-state index in [1.165, 1.54) is 21.1 Å². The first kappa shape index (κ1) is 21.8. The van der Waals surface area contributed by atoms with Crippen LogP contribution in [0.4, 0.5) is 0 Å². The lowest BCUT2D eigenvalue weighted by molar-refractivity contribution is -0.119. The maximum absolute atomic E-state index is 13.5. The Kier molecular flexibility index (Phi) is 7.46. The van der Waals surface area contributed by atoms with Crippen molar-refractivity contribution in [2.75, 3.05) is 14.2 Å². The first-order valence-corrected chi connectivity index (χ1v) is 10.2. The molecule has 0 aliphatic rings. The smallest absolute Gasteiger partial charge is 0.333 e. The Labute approximate surface area is 165 Å². The fourth-order valence-electron chi connectivity index (χ4n) is 2.94. The predicted octanol–water partition coefficient (Wildman–Crippen LogP) is 4.29. The highest BCUT2D eigenvalue weighted by Crippen LogP contribution is 2.60. The van der Waals surface area contributed by atoms with Crippen molar-refractivity contribution < 1.29 is 23.2 Å². The van der Waals surface area contributed by atoms with E-state index in [-0.39, 0.29) is 6.42 Å². The zero-order chi connectivity index (χ0) is 20.6. The number of rotatable bonds is 9. The standard InChI is InChI=1S/C21H24NO5P/c1-17(23)22-21(28(25,26-2)27-3,20(24)19-14-8-5-9-15-19)16-10-13-18-11-6-4-7-12-18/h4-15H,16H2,1-3H3,(H,22,23)/b13-10+/t21-/m1/s1. The molecule has 28 heavy (non-hydrogen) atoms. The van der Waals surface area contributed by atoms with Crippen LogP contribution < -0.4 is 5.32 Å². The topological polar surface area (TPSA) is 81.7 Å². The molecule has 0 heterocycles. The van der Waals surface area contributed by atoms with Crippen molar-refractivity contribution >= 4 is 25.4 Å². The quantitative estimate of drug-likeness (QED) is 0.501. The number of nitrogens with one attached hydrogen (secondary N) is 1. The van der Waals surface area contributed by atoms with Crippen LogP contribution in [0.2, 0.25) is 0 Å². The van der Waals surface area contributed by atoms with Crippen molar-refractivity contribution in [2.45, 2.75) is 18.6 Å². The van der Waals surface area contributed by atoms with E-state index in [1.807, 2.05) is 30.3 Å². The van der Waals surface area contributed by atoms with E-state index in [1.54, 1.807) is 42.5 Å². The Balaban J connectivity index is 2.56. The molecule has 0 saturated heterocycles. The number of carbonyl (C=O) groups is 2. The number of hydrogen-bond donors (Lipinski definition) is 1. The molecule has 7 heteroatoms. The summed E-state index contributed by atoms with van der Waals surface area (Å²) in [5, 5.41) is 0.674. The lowest BCUT2D eigenvalue weighted by atomic mass is 10.00. The van der Waals surface area contributed by atoms with Crippen LogP contribution in [0.1, 0.15) is 29.3 Å². The summed E-state index contributed by atoms with van der Waals surface area (Å²) in [5.74, 6) is -1.07. The van der Waals surface area contributed by atoms with Crippen LogP contribution in [0.5, 0.6) is 0 Å². The molecule has 1 atom stereocenters. The van der Waals surface area contributed by atoms with Gasteiger partial charge in [-0.05, 0) is 5.56 Å². The van der Waals surface area contributed by atoms with Gasteiger partial charge >= 0.3 is 7.60 Å². The Morgan fingerprint density at radius 2 is 1.54 bits per heavy atom. The van der Waals surface area contributed by atoms with Crippen molar-refractivity contribution in [1.82, 2.24) is 5.32 Å². The number of Topliss-reactive ketones (excluding diaryl/α,β-unsaturated/α-hetero) is 1. The molecule has 0 spiro atoms. The van der Waals surface area contributed by atoms with Crippen LogP contribution in [-0.4, -0.2) is 31.2 Å². The minimum absolute atomic E-state index is 0.0752. The minimum atomic E-state index is -4.05. The predicted molar refractivity (Wildman–Crippen MR) is 109 cm³/mol. The van der Waals surface area contributed by atoms with E-state index in [2.05, 4.69) is 5.32 Å². The van der Waals surface area contributed by atoms with Crippen LogP contribution in [0, 0.1) is 0 Å². The SMILES string of the molecule is COP(=O)(OC)[C@@](C/C=C/c1ccccc1)(NC(C)=O)C(=O)c1ccccc1. The molecular weight excluding hydrogens is 377 g/mol. The van der Waals surface area contributed by atoms with Gasteiger partial charge in [-0.2, -0.15) is 0 Å². The largest absolute Gasteiger partial charge is 0.363 e. The van der Waals surface area contributed by atoms with Gasteiger partial charge < -0.3 is 14.4 Å². The number of benzene rings is 2. The average molecular weight is 401 g/mol. The lowest BCUT2D eigenvalue weighted by Gasteiger charge is -2.36. The summed E-state index contributed by atoms with van der Waals surface area (Å²) in [5.41, 5.74) is 1.19. The van der Waals surface area contributed by atoms with Crippen LogP contribution in [0.15, 0.2) is 66.7 Å². The number of hydrogen-bond acceptors (Lipinski definition) is 5. The van der Waals surface area contributed by atoms with Gasteiger partial charge in [0.2, 0.25) is 17.0 Å². The summed E-state index contributed by atoms with van der Waals surface area (Å²) in [6, 6.07) is 17.8. The molecule has 0 fully saturated rings. The molecule has 0 unspecified atom stereocenters. The van der Waals surface area contributed by atoms with Crippen LogP contribution >= 0.6 is 7.60 Å². The van der Waals surface area contributed by atoms with E-state index >= 15 is 0 Å². The minimum Gasteiger partial charge on any atom is -0.333 e. The van der Waals surface area contributed by atoms with Crippen molar-refractivity contribution in [3.63, 3.8) is 0 Å². The van der Waals surface area contributed by atoms with E-state index in [9.17, 15) is 14.2 Å². The highest BCUT2D eigenvalue weighted by molar-refractivity contribution is 7.56. The van der Waals surface area contributed by atoms with Crippen molar-refractivity contribution in [3.8, 4) is 0 Å². The average Bonchev–Trinajstić information content (AvgIpc) is 2.73. The van der Waals surface area contributed by atoms with E-state index < -0.39 is 24.6 Å². The van der Waals surface area contributed by atoms with E-state index in [4.69, 9.17) is 9.05 Å². The van der Waals surface area contributed by atoms with Crippen molar-refractivity contribution in [1.29, 1.82) is 0 Å². The van der Waals surface area contributed by atoms with Gasteiger partial charge in [0.25, 0.3) is 0 Å². The third-order valence-electron chi connectivity index (χ3n) is 4.27. The summed E-state index contributed by atoms with van der Waals surface area (Å²) in [4.78, 5) is 25.4. The molecular formula is C21H24NO5P. The Hall–Kier alpha value is -2.53. The van der Waals surface area contributed by atoms with Gasteiger partial charge in [0.1, 0.15) is 0 Å². The molecule has 2 aromatic rings. The van der Waals surface area contributed by atoms with E-state index in [0.717, 1.165) is 5.56 Å². The molecule has 1 amide bonds. The fraction of sp³-hybridized carbons (Fsp3) is 0.238. The van der Waals surface area contributed by atoms with Gasteiger partial charge in [-0.15, -0.1) is 0 Å². The zero-order valence-corrected chi connectivity index (χ0v) is 17.0. The molecule has 2 rings (SSSR count). The third-order valence-corrected chi connectivity index (χ3v) is 6.66. The van der Waals surface area contributed by atoms with Crippen molar-refractivity contribution in [3.05, 3.63) is 77.9 Å². The summed E-state index contributed by atoms with van der Waals surface area (Å²) >= 11 is 0. The van der Waals surface area contributed by atoms with Gasteiger partial charge in [0, 0.05) is 33.1 Å². The molecule has 0 aliphatic carbocycles. The molecule has 2 aromatic carbocycles. The van der Waals surface area contributed by atoms with Crippen molar-refractivity contribution in [2.24, 2.45) is 0 Å². The summed E-state index contributed by atoms with van der Waals surface area (Å²) < 4.78 is 23.8. The first-order valence-electron chi connectivity index (χ1n) is 8.70.